The number of amides is 1. The van der Waals surface area contributed by atoms with Gasteiger partial charge in [-0.1, -0.05) is 24.3 Å². The lowest BCUT2D eigenvalue weighted by Crippen LogP contribution is -2.31. The molecule has 0 unspecified atom stereocenters. The largest absolute Gasteiger partial charge is 0.305 e. The third kappa shape index (κ3) is 3.16. The van der Waals surface area contributed by atoms with Gasteiger partial charge in [0, 0.05) is 41.0 Å². The lowest BCUT2D eigenvalue weighted by atomic mass is 10.1. The van der Waals surface area contributed by atoms with Gasteiger partial charge in [0.1, 0.15) is 0 Å². The second-order valence-corrected chi connectivity index (χ2v) is 7.96. The molecule has 0 N–H and O–H groups in total. The molecule has 34 heavy (non-hydrogen) atoms. The van der Waals surface area contributed by atoms with Gasteiger partial charge < -0.3 is 4.90 Å². The highest BCUT2D eigenvalue weighted by molar-refractivity contribution is 6.21. The normalized spacial score (nSPS) is 11.3. The highest BCUT2D eigenvalue weighted by Gasteiger charge is 2.18. The average molecular weight is 441 g/mol. The maximum absolute atomic E-state index is 13.4. The number of fused-ring (bicyclic) bond motifs is 7. The molecule has 3 heterocycles. The lowest BCUT2D eigenvalue weighted by Gasteiger charge is -2.21. The molecule has 3 aromatic carbocycles. The number of pyridine rings is 2. The molecular formula is C28H19N5O. The lowest BCUT2D eigenvalue weighted by molar-refractivity contribution is 0.0990. The zero-order valence-electron chi connectivity index (χ0n) is 18.2. The number of hydrogen-bond acceptors (Lipinski definition) is 5. The van der Waals surface area contributed by atoms with Gasteiger partial charge in [-0.25, -0.2) is 9.97 Å². The second kappa shape index (κ2) is 8.01. The Labute approximate surface area is 195 Å². The molecule has 0 saturated heterocycles. The molecule has 0 bridgehead atoms. The Balaban J connectivity index is 1.56. The topological polar surface area (TPSA) is 71.9 Å². The smallest absolute Gasteiger partial charge is 0.258 e. The van der Waals surface area contributed by atoms with E-state index in [9.17, 15) is 4.79 Å². The van der Waals surface area contributed by atoms with E-state index >= 15 is 0 Å². The van der Waals surface area contributed by atoms with Gasteiger partial charge in [-0.15, -0.1) is 6.58 Å². The molecule has 0 saturated carbocycles. The number of carbonyl (C=O) groups is 1. The Morgan fingerprint density at radius 2 is 1.41 bits per heavy atom. The Kier molecular flexibility index (Phi) is 4.70. The van der Waals surface area contributed by atoms with Crippen LogP contribution in [-0.2, 0) is 0 Å². The van der Waals surface area contributed by atoms with E-state index in [2.05, 4.69) is 16.5 Å². The number of benzene rings is 3. The summed E-state index contributed by atoms with van der Waals surface area (Å²) in [5, 5.41) is 1.78. The van der Waals surface area contributed by atoms with Gasteiger partial charge in [-0.05, 0) is 54.6 Å². The van der Waals surface area contributed by atoms with Crippen molar-refractivity contribution >= 4 is 55.5 Å². The van der Waals surface area contributed by atoms with Crippen LogP contribution in [0.25, 0.3) is 43.9 Å². The molecule has 0 radical (unpaired) electrons. The van der Waals surface area contributed by atoms with Crippen molar-refractivity contribution in [3.05, 3.63) is 103 Å². The molecule has 6 aromatic rings. The number of nitrogens with zero attached hydrogens (tertiary/aromatic N) is 5. The molecule has 162 valence electrons. The molecule has 6 rings (SSSR count). The van der Waals surface area contributed by atoms with Gasteiger partial charge in [-0.2, -0.15) is 0 Å². The minimum atomic E-state index is -0.121. The van der Waals surface area contributed by atoms with Crippen molar-refractivity contribution < 1.29 is 4.79 Å². The van der Waals surface area contributed by atoms with Crippen LogP contribution in [0, 0.1) is 0 Å². The highest BCUT2D eigenvalue weighted by Crippen LogP contribution is 2.32. The van der Waals surface area contributed by atoms with Gasteiger partial charge >= 0.3 is 0 Å². The van der Waals surface area contributed by atoms with E-state index in [-0.39, 0.29) is 5.91 Å². The van der Waals surface area contributed by atoms with Gasteiger partial charge in [0.25, 0.3) is 5.91 Å². The monoisotopic (exact) mass is 441 g/mol. The minimum Gasteiger partial charge on any atom is -0.305 e. The fraction of sp³-hybridized carbons (Fsp3) is 0.0357. The zero-order chi connectivity index (χ0) is 23.1. The molecule has 6 nitrogen and oxygen atoms in total. The minimum absolute atomic E-state index is 0.121. The Bertz CT molecular complexity index is 1730. The summed E-state index contributed by atoms with van der Waals surface area (Å²) in [7, 11) is 0. The number of aromatic nitrogens is 4. The van der Waals surface area contributed by atoms with Crippen LogP contribution >= 0.6 is 0 Å². The number of carbonyl (C=O) groups excluding carboxylic acids is 1. The van der Waals surface area contributed by atoms with Crippen LogP contribution < -0.4 is 4.90 Å². The predicted octanol–water partition coefficient (Wildman–Crippen LogP) is 5.71. The van der Waals surface area contributed by atoms with Crippen molar-refractivity contribution in [2.24, 2.45) is 0 Å². The summed E-state index contributed by atoms with van der Waals surface area (Å²) >= 11 is 0. The molecule has 0 aliphatic carbocycles. The number of para-hydroxylation sites is 1. The average Bonchev–Trinajstić information content (AvgIpc) is 2.91. The maximum atomic E-state index is 13.4. The van der Waals surface area contributed by atoms with E-state index in [1.165, 1.54) is 0 Å². The Morgan fingerprint density at radius 3 is 2.06 bits per heavy atom. The summed E-state index contributed by atoms with van der Waals surface area (Å²) in [6.45, 7) is 4.22. The predicted molar refractivity (Wildman–Crippen MR) is 136 cm³/mol. The van der Waals surface area contributed by atoms with Crippen molar-refractivity contribution in [3.63, 3.8) is 0 Å². The fourth-order valence-electron chi connectivity index (χ4n) is 4.33. The van der Waals surface area contributed by atoms with E-state index in [0.717, 1.165) is 38.5 Å². The van der Waals surface area contributed by atoms with Gasteiger partial charge in [0.2, 0.25) is 0 Å². The van der Waals surface area contributed by atoms with E-state index in [0.29, 0.717) is 23.1 Å². The van der Waals surface area contributed by atoms with Gasteiger partial charge in [0.15, 0.2) is 0 Å². The SMILES string of the molecule is C=CCN(C(=O)c1ccc2nc3c4cccnc4c4ncccc4c3nc2c1)c1ccccc1. The van der Waals surface area contributed by atoms with Gasteiger partial charge in [0.05, 0.1) is 33.1 Å². The maximum Gasteiger partial charge on any atom is 0.258 e. The summed E-state index contributed by atoms with van der Waals surface area (Å²) in [4.78, 5) is 34.1. The van der Waals surface area contributed by atoms with E-state index in [4.69, 9.17) is 9.97 Å². The Morgan fingerprint density at radius 1 is 0.765 bits per heavy atom. The standard InChI is InChI=1S/C28H19N5O/c1-2-16-33(19-8-4-3-5-9-19)28(34)18-12-13-22-23(17-18)32-27-21-11-7-15-30-25(21)24-20(26(27)31-22)10-6-14-29-24/h2-15,17H,1,16H2. The third-order valence-electron chi connectivity index (χ3n) is 5.89. The van der Waals surface area contributed by atoms with E-state index in [1.54, 1.807) is 35.5 Å². The van der Waals surface area contributed by atoms with Crippen LogP contribution in [0.2, 0.25) is 0 Å². The molecule has 0 aliphatic heterocycles. The van der Waals surface area contributed by atoms with Crippen LogP contribution in [-0.4, -0.2) is 32.4 Å². The molecule has 1 amide bonds. The first kappa shape index (κ1) is 19.9. The van der Waals surface area contributed by atoms with Crippen molar-refractivity contribution in [1.82, 2.24) is 19.9 Å². The van der Waals surface area contributed by atoms with Crippen LogP contribution in [0.5, 0.6) is 0 Å². The van der Waals surface area contributed by atoms with Crippen LogP contribution in [0.15, 0.2) is 97.8 Å². The first-order valence-electron chi connectivity index (χ1n) is 11.0. The molecule has 6 heteroatoms. The number of hydrogen-bond donors (Lipinski definition) is 0. The highest BCUT2D eigenvalue weighted by atomic mass is 16.2. The summed E-state index contributed by atoms with van der Waals surface area (Å²) in [5.74, 6) is -0.121. The molecule has 0 fully saturated rings. The van der Waals surface area contributed by atoms with Crippen LogP contribution in [0.4, 0.5) is 5.69 Å². The quantitative estimate of drug-likeness (QED) is 0.199. The van der Waals surface area contributed by atoms with Crippen molar-refractivity contribution in [1.29, 1.82) is 0 Å². The number of rotatable bonds is 4. The summed E-state index contributed by atoms with van der Waals surface area (Å²) in [6.07, 6.45) is 5.24. The first-order chi connectivity index (χ1) is 16.7. The first-order valence-corrected chi connectivity index (χ1v) is 11.0. The van der Waals surface area contributed by atoms with Crippen LogP contribution in [0.1, 0.15) is 10.4 Å². The van der Waals surface area contributed by atoms with Crippen LogP contribution in [0.3, 0.4) is 0 Å². The van der Waals surface area contributed by atoms with Crippen molar-refractivity contribution in [3.8, 4) is 0 Å². The second-order valence-electron chi connectivity index (χ2n) is 7.96. The molecule has 0 aliphatic rings. The molecule has 0 atom stereocenters. The summed E-state index contributed by atoms with van der Waals surface area (Å²) < 4.78 is 0. The Hall–Kier alpha value is -4.71. The van der Waals surface area contributed by atoms with Gasteiger partial charge in [-0.3, -0.25) is 14.8 Å². The number of anilines is 1. The van der Waals surface area contributed by atoms with Crippen molar-refractivity contribution in [2.75, 3.05) is 11.4 Å². The molecular weight excluding hydrogens is 422 g/mol. The summed E-state index contributed by atoms with van der Waals surface area (Å²) in [5.41, 5.74) is 5.82. The molecule has 0 spiro atoms. The zero-order valence-corrected chi connectivity index (χ0v) is 18.2. The summed E-state index contributed by atoms with van der Waals surface area (Å²) in [6, 6.07) is 22.8. The third-order valence-corrected chi connectivity index (χ3v) is 5.89. The van der Waals surface area contributed by atoms with E-state index < -0.39 is 0 Å². The molecule has 3 aromatic heterocycles. The van der Waals surface area contributed by atoms with E-state index in [1.807, 2.05) is 60.7 Å². The fourth-order valence-corrected chi connectivity index (χ4v) is 4.33. The van der Waals surface area contributed by atoms with Crippen molar-refractivity contribution in [2.45, 2.75) is 0 Å².